The van der Waals surface area contributed by atoms with Crippen LogP contribution in [-0.4, -0.2) is 9.67 Å². The lowest BCUT2D eigenvalue weighted by Crippen LogP contribution is -2.14. The Labute approximate surface area is 89.4 Å². The third-order valence-electron chi connectivity index (χ3n) is 3.34. The topological polar surface area (TPSA) is 42.2 Å². The normalized spacial score (nSPS) is 17.1. The van der Waals surface area contributed by atoms with E-state index < -0.39 is 0 Å². The zero-order valence-electron chi connectivity index (χ0n) is 9.07. The maximum Gasteiger partial charge on any atom is 0.223 e. The van der Waals surface area contributed by atoms with Gasteiger partial charge in [0.1, 0.15) is 0 Å². The van der Waals surface area contributed by atoms with E-state index in [9.17, 15) is 9.90 Å². The maximum atomic E-state index is 11.2. The van der Waals surface area contributed by atoms with Crippen molar-refractivity contribution in [1.82, 2.24) is 4.57 Å². The molecule has 0 unspecified atom stereocenters. The first-order valence-electron chi connectivity index (χ1n) is 5.57. The molecule has 1 aliphatic carbocycles. The molecule has 2 rings (SSSR count). The van der Waals surface area contributed by atoms with Crippen LogP contribution in [0.15, 0.2) is 17.1 Å². The average molecular weight is 207 g/mol. The van der Waals surface area contributed by atoms with Crippen molar-refractivity contribution in [2.24, 2.45) is 5.92 Å². The van der Waals surface area contributed by atoms with Crippen LogP contribution in [0.25, 0.3) is 0 Å². The molecular formula is C12H17NO2. The van der Waals surface area contributed by atoms with E-state index in [4.69, 9.17) is 0 Å². The summed E-state index contributed by atoms with van der Waals surface area (Å²) in [6, 6.07) is 1.44. The first-order chi connectivity index (χ1) is 7.18. The Morgan fingerprint density at radius 3 is 2.80 bits per heavy atom. The van der Waals surface area contributed by atoms with Crippen LogP contribution in [0.4, 0.5) is 0 Å². The SMILES string of the molecule is Cc1c(O)c(=O)ccn1CC1CCCC1. The summed E-state index contributed by atoms with van der Waals surface area (Å²) in [6.45, 7) is 2.73. The van der Waals surface area contributed by atoms with Crippen molar-refractivity contribution in [3.05, 3.63) is 28.2 Å². The van der Waals surface area contributed by atoms with E-state index in [1.165, 1.54) is 31.7 Å². The minimum atomic E-state index is -0.282. The fourth-order valence-electron chi connectivity index (χ4n) is 2.33. The van der Waals surface area contributed by atoms with Crippen LogP contribution in [0, 0.1) is 12.8 Å². The second-order valence-corrected chi connectivity index (χ2v) is 4.42. The summed E-state index contributed by atoms with van der Waals surface area (Å²) < 4.78 is 1.99. The summed E-state index contributed by atoms with van der Waals surface area (Å²) in [5.74, 6) is 0.612. The predicted molar refractivity (Wildman–Crippen MR) is 59.1 cm³/mol. The highest BCUT2D eigenvalue weighted by Crippen LogP contribution is 2.26. The minimum Gasteiger partial charge on any atom is -0.503 e. The molecule has 82 valence electrons. The van der Waals surface area contributed by atoms with Gasteiger partial charge in [-0.2, -0.15) is 0 Å². The molecule has 0 aliphatic heterocycles. The van der Waals surface area contributed by atoms with Gasteiger partial charge in [-0.05, 0) is 25.7 Å². The first kappa shape index (κ1) is 10.3. The molecule has 1 aromatic heterocycles. The summed E-state index contributed by atoms with van der Waals surface area (Å²) >= 11 is 0. The standard InChI is InChI=1S/C12H17NO2/c1-9-12(15)11(14)6-7-13(9)8-10-4-2-3-5-10/h6-7,10,15H,2-5,8H2,1H3. The second kappa shape index (κ2) is 4.09. The molecule has 1 aliphatic rings. The Morgan fingerprint density at radius 2 is 2.13 bits per heavy atom. The molecule has 1 heterocycles. The third kappa shape index (κ3) is 2.06. The van der Waals surface area contributed by atoms with Crippen LogP contribution >= 0.6 is 0 Å². The summed E-state index contributed by atoms with van der Waals surface area (Å²) in [4.78, 5) is 11.2. The third-order valence-corrected chi connectivity index (χ3v) is 3.34. The Bertz CT molecular complexity index is 403. The molecule has 0 atom stereocenters. The van der Waals surface area contributed by atoms with Crippen LogP contribution in [0.1, 0.15) is 31.4 Å². The van der Waals surface area contributed by atoms with Crippen LogP contribution in [0.2, 0.25) is 0 Å². The van der Waals surface area contributed by atoms with Gasteiger partial charge in [0.15, 0.2) is 5.75 Å². The van der Waals surface area contributed by atoms with Crippen LogP contribution in [-0.2, 0) is 6.54 Å². The van der Waals surface area contributed by atoms with Gasteiger partial charge in [0.25, 0.3) is 0 Å². The van der Waals surface area contributed by atoms with Crippen molar-refractivity contribution in [2.45, 2.75) is 39.2 Å². The monoisotopic (exact) mass is 207 g/mol. The van der Waals surface area contributed by atoms with Gasteiger partial charge >= 0.3 is 0 Å². The predicted octanol–water partition coefficient (Wildman–Crippen LogP) is 2.05. The minimum absolute atomic E-state index is 0.101. The van der Waals surface area contributed by atoms with E-state index in [2.05, 4.69) is 0 Å². The molecule has 3 nitrogen and oxygen atoms in total. The number of hydrogen-bond donors (Lipinski definition) is 1. The molecule has 0 aromatic carbocycles. The van der Waals surface area contributed by atoms with Crippen LogP contribution < -0.4 is 5.43 Å². The zero-order valence-corrected chi connectivity index (χ0v) is 9.07. The highest BCUT2D eigenvalue weighted by Gasteiger charge is 2.16. The summed E-state index contributed by atoms with van der Waals surface area (Å²) in [5, 5.41) is 9.53. The molecular weight excluding hydrogens is 190 g/mol. The van der Waals surface area contributed by atoms with Gasteiger partial charge in [0.2, 0.25) is 5.43 Å². The molecule has 1 N–H and O–H groups in total. The summed E-state index contributed by atoms with van der Waals surface area (Å²) in [5.41, 5.74) is 0.407. The van der Waals surface area contributed by atoms with Crippen molar-refractivity contribution in [3.8, 4) is 5.75 Å². The highest BCUT2D eigenvalue weighted by atomic mass is 16.3. The van der Waals surface area contributed by atoms with E-state index >= 15 is 0 Å². The molecule has 1 aromatic rings. The molecule has 15 heavy (non-hydrogen) atoms. The van der Waals surface area contributed by atoms with E-state index in [1.54, 1.807) is 13.1 Å². The molecule has 1 fully saturated rings. The van der Waals surface area contributed by atoms with E-state index in [0.29, 0.717) is 11.6 Å². The Kier molecular flexibility index (Phi) is 2.80. The van der Waals surface area contributed by atoms with E-state index in [0.717, 1.165) is 6.54 Å². The number of pyridine rings is 1. The second-order valence-electron chi connectivity index (χ2n) is 4.42. The molecule has 0 spiro atoms. The van der Waals surface area contributed by atoms with Gasteiger partial charge in [-0.25, -0.2) is 0 Å². The van der Waals surface area contributed by atoms with E-state index in [-0.39, 0.29) is 11.2 Å². The van der Waals surface area contributed by atoms with Crippen molar-refractivity contribution in [2.75, 3.05) is 0 Å². The molecule has 0 amide bonds. The quantitative estimate of drug-likeness (QED) is 0.806. The number of rotatable bonds is 2. The molecule has 1 saturated carbocycles. The summed E-state index contributed by atoms with van der Waals surface area (Å²) in [6.07, 6.45) is 6.96. The lowest BCUT2D eigenvalue weighted by Gasteiger charge is -2.15. The highest BCUT2D eigenvalue weighted by molar-refractivity contribution is 5.25. The number of nitrogens with zero attached hydrogens (tertiary/aromatic N) is 1. The van der Waals surface area contributed by atoms with Crippen LogP contribution in [0.5, 0.6) is 5.75 Å². The lowest BCUT2D eigenvalue weighted by atomic mass is 10.1. The van der Waals surface area contributed by atoms with Gasteiger partial charge in [-0.3, -0.25) is 4.79 Å². The van der Waals surface area contributed by atoms with Gasteiger partial charge in [0, 0.05) is 18.8 Å². The van der Waals surface area contributed by atoms with Gasteiger partial charge in [-0.15, -0.1) is 0 Å². The Morgan fingerprint density at radius 1 is 1.47 bits per heavy atom. The average Bonchev–Trinajstić information content (AvgIpc) is 2.72. The number of hydrogen-bond acceptors (Lipinski definition) is 2. The van der Waals surface area contributed by atoms with Crippen LogP contribution in [0.3, 0.4) is 0 Å². The molecule has 0 saturated heterocycles. The first-order valence-corrected chi connectivity index (χ1v) is 5.57. The number of aromatic hydroxyl groups is 1. The largest absolute Gasteiger partial charge is 0.503 e. The summed E-state index contributed by atoms with van der Waals surface area (Å²) in [7, 11) is 0. The van der Waals surface area contributed by atoms with E-state index in [1.807, 2.05) is 4.57 Å². The molecule has 0 bridgehead atoms. The lowest BCUT2D eigenvalue weighted by molar-refractivity contribution is 0.421. The maximum absolute atomic E-state index is 11.2. The van der Waals surface area contributed by atoms with Gasteiger partial charge < -0.3 is 9.67 Å². The fraction of sp³-hybridized carbons (Fsp3) is 0.583. The fourth-order valence-corrected chi connectivity index (χ4v) is 2.33. The van der Waals surface area contributed by atoms with Crippen molar-refractivity contribution >= 4 is 0 Å². The van der Waals surface area contributed by atoms with Gasteiger partial charge in [0.05, 0.1) is 5.69 Å². The van der Waals surface area contributed by atoms with Gasteiger partial charge in [-0.1, -0.05) is 12.8 Å². The van der Waals surface area contributed by atoms with Crippen molar-refractivity contribution in [1.29, 1.82) is 0 Å². The molecule has 3 heteroatoms. The number of aromatic nitrogens is 1. The Hall–Kier alpha value is -1.25. The zero-order chi connectivity index (χ0) is 10.8. The van der Waals surface area contributed by atoms with Crippen molar-refractivity contribution in [3.63, 3.8) is 0 Å². The Balaban J connectivity index is 2.21. The molecule has 0 radical (unpaired) electrons. The van der Waals surface area contributed by atoms with Crippen molar-refractivity contribution < 1.29 is 5.11 Å². The smallest absolute Gasteiger partial charge is 0.223 e.